The number of allylic oxidation sites excluding steroid dienone is 2. The van der Waals surface area contributed by atoms with E-state index in [2.05, 4.69) is 15.3 Å². The number of nitrogens with two attached hydrogens (primary N) is 3. The van der Waals surface area contributed by atoms with Crippen LogP contribution in [0.5, 0.6) is 0 Å². The van der Waals surface area contributed by atoms with E-state index in [0.29, 0.717) is 12.8 Å². The topological polar surface area (TPSA) is 182 Å². The number of amidine groups is 1. The number of methoxy groups -OCH3 is 1. The third kappa shape index (κ3) is 5.72. The van der Waals surface area contributed by atoms with Gasteiger partial charge in [0.15, 0.2) is 17.5 Å². The molecule has 0 bridgehead atoms. The Morgan fingerprint density at radius 1 is 1.42 bits per heavy atom. The molecule has 2 amide bonds. The number of nitrogens with one attached hydrogen (secondary N) is 2. The molecular formula is C16H25N7O3. The maximum Gasteiger partial charge on any atom is 0.270 e. The predicted molar refractivity (Wildman–Crippen MR) is 99.6 cm³/mol. The second-order valence-corrected chi connectivity index (χ2v) is 5.62. The standard InChI is InChI=1S/C16H25N7O3/c1-4-10(13(18)24)22-16(20)23-15(12(17)14(19)25)21-9-6-5-8(2)11(7-9)26-3/h5-6,9-10,17H,4,7H2,1-3H3,(H2,18,24)(H2,19,25)(H3,20,21,22,23)/t9?,10-/m1/s1. The van der Waals surface area contributed by atoms with Crippen LogP contribution >= 0.6 is 0 Å². The van der Waals surface area contributed by atoms with Crippen molar-refractivity contribution in [2.24, 2.45) is 27.2 Å². The van der Waals surface area contributed by atoms with Gasteiger partial charge in [-0.25, -0.2) is 4.99 Å². The Kier molecular flexibility index (Phi) is 7.51. The number of rotatable bonds is 7. The summed E-state index contributed by atoms with van der Waals surface area (Å²) in [7, 11) is 1.56. The molecule has 0 fully saturated rings. The lowest BCUT2D eigenvalue weighted by molar-refractivity contribution is -0.119. The second kappa shape index (κ2) is 9.35. The van der Waals surface area contributed by atoms with E-state index in [1.165, 1.54) is 0 Å². The number of aliphatic imine (C=N–C) groups is 2. The van der Waals surface area contributed by atoms with E-state index in [-0.39, 0.29) is 17.8 Å². The Labute approximate surface area is 151 Å². The fraction of sp³-hybridized carbons (Fsp3) is 0.438. The molecule has 0 aromatic carbocycles. The van der Waals surface area contributed by atoms with Gasteiger partial charge in [-0.05, 0) is 18.9 Å². The zero-order valence-electron chi connectivity index (χ0n) is 15.1. The van der Waals surface area contributed by atoms with E-state index >= 15 is 0 Å². The zero-order valence-corrected chi connectivity index (χ0v) is 15.1. The molecule has 0 saturated heterocycles. The summed E-state index contributed by atoms with van der Waals surface area (Å²) >= 11 is 0. The molecule has 26 heavy (non-hydrogen) atoms. The van der Waals surface area contributed by atoms with Crippen molar-refractivity contribution in [2.75, 3.05) is 7.11 Å². The van der Waals surface area contributed by atoms with Crippen molar-refractivity contribution in [2.45, 2.75) is 38.8 Å². The van der Waals surface area contributed by atoms with Gasteiger partial charge in [-0.3, -0.25) is 20.0 Å². The van der Waals surface area contributed by atoms with Crippen molar-refractivity contribution in [1.82, 2.24) is 5.32 Å². The van der Waals surface area contributed by atoms with E-state index in [9.17, 15) is 9.59 Å². The molecule has 0 radical (unpaired) electrons. The Hall–Kier alpha value is -3.17. The Bertz CT molecular complexity index is 707. The first-order valence-corrected chi connectivity index (χ1v) is 7.97. The highest BCUT2D eigenvalue weighted by atomic mass is 16.5. The van der Waals surface area contributed by atoms with Gasteiger partial charge in [0.2, 0.25) is 5.91 Å². The predicted octanol–water partition coefficient (Wildman–Crippen LogP) is -0.693. The summed E-state index contributed by atoms with van der Waals surface area (Å²) in [6.45, 7) is 3.62. The Morgan fingerprint density at radius 3 is 2.58 bits per heavy atom. The minimum absolute atomic E-state index is 0.150. The maximum atomic E-state index is 11.4. The highest BCUT2D eigenvalue weighted by Gasteiger charge is 2.20. The zero-order chi connectivity index (χ0) is 19.9. The number of carbonyl (C=O) groups excluding carboxylic acids is 2. The molecule has 10 nitrogen and oxygen atoms in total. The summed E-state index contributed by atoms with van der Waals surface area (Å²) in [5.74, 6) is -1.22. The monoisotopic (exact) mass is 363 g/mol. The Balaban J connectivity index is 3.09. The molecular weight excluding hydrogens is 338 g/mol. The average Bonchev–Trinajstić information content (AvgIpc) is 2.59. The van der Waals surface area contributed by atoms with Gasteiger partial charge >= 0.3 is 0 Å². The second-order valence-electron chi connectivity index (χ2n) is 5.62. The van der Waals surface area contributed by atoms with Gasteiger partial charge in [0.05, 0.1) is 13.2 Å². The van der Waals surface area contributed by atoms with Gasteiger partial charge in [0.1, 0.15) is 11.8 Å². The molecule has 0 aliphatic heterocycles. The molecule has 142 valence electrons. The van der Waals surface area contributed by atoms with Crippen LogP contribution in [-0.4, -0.2) is 48.5 Å². The number of carbonyl (C=O) groups is 2. The van der Waals surface area contributed by atoms with Crippen LogP contribution in [0.25, 0.3) is 0 Å². The van der Waals surface area contributed by atoms with Crippen LogP contribution in [0.2, 0.25) is 0 Å². The van der Waals surface area contributed by atoms with Gasteiger partial charge < -0.3 is 27.3 Å². The quantitative estimate of drug-likeness (QED) is 0.296. The molecule has 1 aliphatic carbocycles. The molecule has 0 aromatic rings. The van der Waals surface area contributed by atoms with E-state index < -0.39 is 23.6 Å². The molecule has 1 rings (SSSR count). The minimum Gasteiger partial charge on any atom is -0.501 e. The summed E-state index contributed by atoms with van der Waals surface area (Å²) < 4.78 is 5.29. The van der Waals surface area contributed by atoms with Crippen molar-refractivity contribution < 1.29 is 14.3 Å². The first-order chi connectivity index (χ1) is 12.2. The summed E-state index contributed by atoms with van der Waals surface area (Å²) in [5.41, 5.74) is 16.6. The number of ether oxygens (including phenoxy) is 1. The smallest absolute Gasteiger partial charge is 0.270 e. The highest BCUT2D eigenvalue weighted by Crippen LogP contribution is 2.21. The molecule has 0 saturated carbocycles. The molecule has 0 aromatic heterocycles. The maximum absolute atomic E-state index is 11.4. The SMILES string of the molecule is CC[C@@H](N=C(N)NC(=NC1C=CC(C)=C(OC)C1)C(=N)C(N)=O)C(N)=O. The number of amides is 2. The van der Waals surface area contributed by atoms with Crippen molar-refractivity contribution >= 4 is 29.3 Å². The van der Waals surface area contributed by atoms with Crippen molar-refractivity contribution in [3.63, 3.8) is 0 Å². The first kappa shape index (κ1) is 20.9. The van der Waals surface area contributed by atoms with Gasteiger partial charge in [0.25, 0.3) is 5.91 Å². The molecule has 1 unspecified atom stereocenters. The van der Waals surface area contributed by atoms with E-state index in [1.54, 1.807) is 20.1 Å². The van der Waals surface area contributed by atoms with Gasteiger partial charge in [-0.2, -0.15) is 0 Å². The van der Waals surface area contributed by atoms with Gasteiger partial charge in [-0.15, -0.1) is 0 Å². The van der Waals surface area contributed by atoms with E-state index in [1.807, 2.05) is 13.0 Å². The van der Waals surface area contributed by atoms with Crippen molar-refractivity contribution in [3.8, 4) is 0 Å². The third-order valence-electron chi connectivity index (χ3n) is 3.68. The summed E-state index contributed by atoms with van der Waals surface area (Å²) in [6, 6.07) is -1.21. The van der Waals surface area contributed by atoms with Crippen LogP contribution < -0.4 is 22.5 Å². The van der Waals surface area contributed by atoms with E-state index in [4.69, 9.17) is 27.3 Å². The highest BCUT2D eigenvalue weighted by molar-refractivity contribution is 6.66. The first-order valence-electron chi connectivity index (χ1n) is 7.97. The molecule has 10 heteroatoms. The van der Waals surface area contributed by atoms with Crippen molar-refractivity contribution in [1.29, 1.82) is 5.41 Å². The van der Waals surface area contributed by atoms with Crippen LogP contribution in [0.4, 0.5) is 0 Å². The van der Waals surface area contributed by atoms with Crippen LogP contribution in [0.3, 0.4) is 0 Å². The van der Waals surface area contributed by atoms with Gasteiger partial charge in [-0.1, -0.05) is 19.1 Å². The molecule has 0 spiro atoms. The average molecular weight is 363 g/mol. The lowest BCUT2D eigenvalue weighted by Gasteiger charge is -2.19. The summed E-state index contributed by atoms with van der Waals surface area (Å²) in [6.07, 6.45) is 4.44. The number of nitrogens with zero attached hydrogens (tertiary/aromatic N) is 2. The fourth-order valence-corrected chi connectivity index (χ4v) is 2.22. The molecule has 1 aliphatic rings. The largest absolute Gasteiger partial charge is 0.501 e. The normalized spacial score (nSPS) is 19.1. The number of guanidine groups is 1. The number of hydrogen-bond acceptors (Lipinski definition) is 6. The van der Waals surface area contributed by atoms with Crippen LogP contribution in [-0.2, 0) is 14.3 Å². The molecule has 0 heterocycles. The fourth-order valence-electron chi connectivity index (χ4n) is 2.22. The number of primary amides is 2. The van der Waals surface area contributed by atoms with E-state index in [0.717, 1.165) is 11.3 Å². The lowest BCUT2D eigenvalue weighted by atomic mass is 10.0. The van der Waals surface area contributed by atoms with Crippen LogP contribution in [0, 0.1) is 5.41 Å². The lowest BCUT2D eigenvalue weighted by Crippen LogP contribution is -2.46. The van der Waals surface area contributed by atoms with Crippen LogP contribution in [0.15, 0.2) is 33.5 Å². The molecule has 8 N–H and O–H groups in total. The number of hydrogen-bond donors (Lipinski definition) is 5. The van der Waals surface area contributed by atoms with Crippen molar-refractivity contribution in [3.05, 3.63) is 23.5 Å². The van der Waals surface area contributed by atoms with Gasteiger partial charge in [0, 0.05) is 6.42 Å². The molecule has 2 atom stereocenters. The third-order valence-corrected chi connectivity index (χ3v) is 3.68. The summed E-state index contributed by atoms with van der Waals surface area (Å²) in [5, 5.41) is 10.4. The summed E-state index contributed by atoms with van der Waals surface area (Å²) in [4.78, 5) is 30.9. The van der Waals surface area contributed by atoms with Crippen LogP contribution in [0.1, 0.15) is 26.7 Å². The minimum atomic E-state index is -0.982. The Morgan fingerprint density at radius 2 is 2.08 bits per heavy atom.